The summed E-state index contributed by atoms with van der Waals surface area (Å²) in [6, 6.07) is 12.6. The Morgan fingerprint density at radius 2 is 1.81 bits per heavy atom. The molecule has 1 saturated carbocycles. The summed E-state index contributed by atoms with van der Waals surface area (Å²) in [7, 11) is 0. The number of carbonyl (C=O) groups is 3. The Morgan fingerprint density at radius 1 is 1.14 bits per heavy atom. The first-order chi connectivity index (χ1) is 17.7. The van der Waals surface area contributed by atoms with Crippen molar-refractivity contribution in [2.24, 2.45) is 5.92 Å². The number of benzene rings is 2. The molecule has 1 spiro atoms. The Labute approximate surface area is 218 Å². The normalized spacial score (nSPS) is 24.3. The highest BCUT2D eigenvalue weighted by molar-refractivity contribution is 6.30. The van der Waals surface area contributed by atoms with Gasteiger partial charge < -0.3 is 14.9 Å². The van der Waals surface area contributed by atoms with Gasteiger partial charge >= 0.3 is 0 Å². The maximum absolute atomic E-state index is 14.9. The van der Waals surface area contributed by atoms with Crippen LogP contribution in [0.25, 0.3) is 0 Å². The van der Waals surface area contributed by atoms with Gasteiger partial charge in [-0.1, -0.05) is 23.7 Å². The van der Waals surface area contributed by atoms with Crippen LogP contribution in [0, 0.1) is 23.1 Å². The van der Waals surface area contributed by atoms with Crippen molar-refractivity contribution in [3.05, 3.63) is 64.4 Å². The van der Waals surface area contributed by atoms with E-state index in [0.717, 1.165) is 16.5 Å². The molecule has 3 fully saturated rings. The lowest BCUT2D eigenvalue weighted by Crippen LogP contribution is -2.74. The van der Waals surface area contributed by atoms with Gasteiger partial charge in [-0.25, -0.2) is 4.39 Å². The van der Waals surface area contributed by atoms with Gasteiger partial charge in [-0.3, -0.25) is 19.3 Å². The van der Waals surface area contributed by atoms with E-state index in [4.69, 9.17) is 16.9 Å². The predicted molar refractivity (Wildman–Crippen MR) is 133 cm³/mol. The van der Waals surface area contributed by atoms with Crippen molar-refractivity contribution < 1.29 is 23.9 Å². The molecule has 0 radical (unpaired) electrons. The van der Waals surface area contributed by atoms with Crippen molar-refractivity contribution >= 4 is 35.0 Å². The number of anilines is 1. The first-order valence-electron chi connectivity index (χ1n) is 12.3. The van der Waals surface area contributed by atoms with Crippen LogP contribution in [-0.4, -0.2) is 63.9 Å². The van der Waals surface area contributed by atoms with Crippen molar-refractivity contribution in [2.75, 3.05) is 24.5 Å². The van der Waals surface area contributed by atoms with Crippen molar-refractivity contribution in [3.8, 4) is 6.07 Å². The summed E-state index contributed by atoms with van der Waals surface area (Å²) in [5.74, 6) is -2.11. The molecule has 37 heavy (non-hydrogen) atoms. The minimum Gasteiger partial charge on any atom is -0.393 e. The molecule has 0 atom stereocenters. The summed E-state index contributed by atoms with van der Waals surface area (Å²) in [5, 5.41) is 19.4. The summed E-state index contributed by atoms with van der Waals surface area (Å²) in [5.41, 5.74) is -0.465. The molecule has 2 saturated heterocycles. The van der Waals surface area contributed by atoms with Gasteiger partial charge in [0, 0.05) is 30.6 Å². The van der Waals surface area contributed by atoms with Gasteiger partial charge in [0.05, 0.1) is 23.4 Å². The highest BCUT2D eigenvalue weighted by Gasteiger charge is 2.62. The second kappa shape index (κ2) is 9.77. The molecule has 1 aliphatic carbocycles. The van der Waals surface area contributed by atoms with E-state index in [-0.39, 0.29) is 49.0 Å². The second-order valence-electron chi connectivity index (χ2n) is 9.97. The Hall–Kier alpha value is -3.48. The Morgan fingerprint density at radius 3 is 2.43 bits per heavy atom. The number of hydrogen-bond acceptors (Lipinski definition) is 5. The Kier molecular flexibility index (Phi) is 6.65. The molecule has 0 unspecified atom stereocenters. The highest BCUT2D eigenvalue weighted by atomic mass is 35.5. The number of halogens is 2. The number of amides is 3. The minimum atomic E-state index is -1.29. The largest absolute Gasteiger partial charge is 0.393 e. The first-order valence-corrected chi connectivity index (χ1v) is 12.6. The number of rotatable bonds is 4. The van der Waals surface area contributed by atoms with E-state index in [0.29, 0.717) is 31.0 Å². The van der Waals surface area contributed by atoms with Crippen LogP contribution in [0.15, 0.2) is 42.5 Å². The van der Waals surface area contributed by atoms with Crippen LogP contribution in [0.2, 0.25) is 5.02 Å². The van der Waals surface area contributed by atoms with Crippen molar-refractivity contribution in [3.63, 3.8) is 0 Å². The van der Waals surface area contributed by atoms with Crippen molar-refractivity contribution in [1.82, 2.24) is 9.80 Å². The van der Waals surface area contributed by atoms with Crippen LogP contribution in [0.3, 0.4) is 0 Å². The van der Waals surface area contributed by atoms with Gasteiger partial charge in [0.25, 0.3) is 5.91 Å². The van der Waals surface area contributed by atoms with Crippen molar-refractivity contribution in [1.29, 1.82) is 5.26 Å². The molecule has 2 heterocycles. The van der Waals surface area contributed by atoms with Gasteiger partial charge in [-0.05, 0) is 61.6 Å². The quantitative estimate of drug-likeness (QED) is 0.662. The third-order valence-corrected chi connectivity index (χ3v) is 7.92. The summed E-state index contributed by atoms with van der Waals surface area (Å²) in [6.45, 7) is 0.711. The van der Waals surface area contributed by atoms with Crippen LogP contribution in [-0.2, 0) is 20.9 Å². The number of likely N-dealkylation sites (tertiary alicyclic amines) is 1. The van der Waals surface area contributed by atoms with Crippen LogP contribution in [0.4, 0.5) is 10.1 Å². The molecule has 2 aromatic carbocycles. The van der Waals surface area contributed by atoms with Gasteiger partial charge in [0.15, 0.2) is 0 Å². The van der Waals surface area contributed by atoms with E-state index >= 15 is 0 Å². The zero-order chi connectivity index (χ0) is 26.3. The lowest BCUT2D eigenvalue weighted by molar-refractivity contribution is -0.168. The summed E-state index contributed by atoms with van der Waals surface area (Å²) in [6.07, 6.45) is 0.875. The number of nitrogens with zero attached hydrogens (tertiary/aromatic N) is 4. The van der Waals surface area contributed by atoms with E-state index in [1.165, 1.54) is 17.0 Å². The molecule has 8 nitrogen and oxygen atoms in total. The first kappa shape index (κ1) is 25.2. The van der Waals surface area contributed by atoms with Crippen LogP contribution in [0.1, 0.15) is 36.8 Å². The SMILES string of the molecule is N#Cc1ccc(N2CC(=O)N(Cc3ccc(Cl)cc3)[C@]3(C[C@H](C(=O)N4CCC(O)CC4)C3)C2=O)c(F)c1. The summed E-state index contributed by atoms with van der Waals surface area (Å²) in [4.78, 5) is 45.0. The molecule has 0 bridgehead atoms. The smallest absolute Gasteiger partial charge is 0.253 e. The Balaban J connectivity index is 1.44. The maximum Gasteiger partial charge on any atom is 0.253 e. The van der Waals surface area contributed by atoms with Gasteiger partial charge in [-0.2, -0.15) is 5.26 Å². The number of nitriles is 1. The number of hydrogen-bond donors (Lipinski definition) is 1. The molecular formula is C27H26ClFN4O4. The predicted octanol–water partition coefficient (Wildman–Crippen LogP) is 2.86. The third-order valence-electron chi connectivity index (χ3n) is 7.67. The molecule has 3 aliphatic rings. The number of aliphatic hydroxyl groups excluding tert-OH is 1. The molecule has 2 aromatic rings. The van der Waals surface area contributed by atoms with Crippen LogP contribution >= 0.6 is 11.6 Å². The molecular weight excluding hydrogens is 499 g/mol. The highest BCUT2D eigenvalue weighted by Crippen LogP contribution is 2.48. The molecule has 10 heteroatoms. The van der Waals surface area contributed by atoms with Gasteiger partial charge in [0.2, 0.25) is 11.8 Å². The van der Waals surface area contributed by atoms with E-state index in [1.54, 1.807) is 29.2 Å². The monoisotopic (exact) mass is 524 g/mol. The molecule has 0 aromatic heterocycles. The van der Waals surface area contributed by atoms with Crippen LogP contribution in [0.5, 0.6) is 0 Å². The molecule has 2 aliphatic heterocycles. The third kappa shape index (κ3) is 4.56. The zero-order valence-electron chi connectivity index (χ0n) is 20.1. The summed E-state index contributed by atoms with van der Waals surface area (Å²) >= 11 is 6.01. The lowest BCUT2D eigenvalue weighted by Gasteiger charge is -2.57. The summed E-state index contributed by atoms with van der Waals surface area (Å²) < 4.78 is 14.9. The molecule has 1 N–H and O–H groups in total. The molecule has 3 amide bonds. The molecule has 5 rings (SSSR count). The topological polar surface area (TPSA) is 105 Å². The zero-order valence-corrected chi connectivity index (χ0v) is 20.8. The van der Waals surface area contributed by atoms with Gasteiger partial charge in [0.1, 0.15) is 17.9 Å². The van der Waals surface area contributed by atoms with E-state index < -0.39 is 29.3 Å². The molecule has 192 valence electrons. The van der Waals surface area contributed by atoms with Gasteiger partial charge in [-0.15, -0.1) is 0 Å². The standard InChI is InChI=1S/C27H26ClFN4O4/c28-20-4-1-17(2-5-20)15-33-24(35)16-32(23-6-3-18(14-30)11-22(23)29)26(37)27(33)12-19(13-27)25(36)31-9-7-21(34)8-10-31/h1-6,11,19,21,34H,7-10,12-13,15-16H2/t19-,27-. The number of aliphatic hydroxyl groups is 1. The average Bonchev–Trinajstić information content (AvgIpc) is 2.86. The number of piperidine rings is 1. The number of piperazine rings is 1. The number of carbonyl (C=O) groups excluding carboxylic acids is 3. The fourth-order valence-corrected chi connectivity index (χ4v) is 5.70. The second-order valence-corrected chi connectivity index (χ2v) is 10.4. The van der Waals surface area contributed by atoms with Crippen molar-refractivity contribution in [2.45, 2.75) is 43.9 Å². The van der Waals surface area contributed by atoms with E-state index in [9.17, 15) is 23.9 Å². The average molecular weight is 525 g/mol. The fourth-order valence-electron chi connectivity index (χ4n) is 5.57. The Bertz CT molecular complexity index is 1280. The fraction of sp³-hybridized carbons (Fsp3) is 0.407. The maximum atomic E-state index is 14.9. The minimum absolute atomic E-state index is 0.0670. The van der Waals surface area contributed by atoms with E-state index in [2.05, 4.69) is 0 Å². The van der Waals surface area contributed by atoms with E-state index in [1.807, 2.05) is 6.07 Å². The van der Waals surface area contributed by atoms with Crippen LogP contribution < -0.4 is 4.90 Å². The lowest BCUT2D eigenvalue weighted by atomic mass is 9.64.